The van der Waals surface area contributed by atoms with E-state index in [1.54, 1.807) is 0 Å². The second kappa shape index (κ2) is 7.94. The number of benzene rings is 3. The second-order valence-corrected chi connectivity index (χ2v) is 7.71. The lowest BCUT2D eigenvalue weighted by Crippen LogP contribution is -2.37. The Bertz CT molecular complexity index is 830. The van der Waals surface area contributed by atoms with Crippen LogP contribution in [0.4, 0.5) is 0 Å². The van der Waals surface area contributed by atoms with Gasteiger partial charge in [0.05, 0.1) is 6.04 Å². The molecular formula is C26H27N. The fourth-order valence-electron chi connectivity index (χ4n) is 4.05. The maximum Gasteiger partial charge on any atom is 0.0581 e. The smallest absolute Gasteiger partial charge is 0.0581 e. The Kier molecular flexibility index (Phi) is 5.22. The summed E-state index contributed by atoms with van der Waals surface area (Å²) in [5.41, 5.74) is 4.17. The van der Waals surface area contributed by atoms with E-state index in [-0.39, 0.29) is 11.5 Å². The largest absolute Gasteiger partial charge is 0.300 e. The van der Waals surface area contributed by atoms with Gasteiger partial charge in [-0.2, -0.15) is 0 Å². The Balaban J connectivity index is 1.56. The molecule has 2 atom stereocenters. The van der Waals surface area contributed by atoms with Crippen molar-refractivity contribution in [2.45, 2.75) is 37.3 Å². The van der Waals surface area contributed by atoms with Crippen LogP contribution in [0.2, 0.25) is 0 Å². The summed E-state index contributed by atoms with van der Waals surface area (Å²) in [6, 6.07) is 33.0. The van der Waals surface area contributed by atoms with Crippen molar-refractivity contribution in [3.05, 3.63) is 120 Å². The molecule has 1 nitrogen and oxygen atoms in total. The highest BCUT2D eigenvalue weighted by Crippen LogP contribution is 2.35. The Morgan fingerprint density at radius 2 is 1.30 bits per heavy atom. The monoisotopic (exact) mass is 353 g/mol. The molecule has 1 N–H and O–H groups in total. The first-order valence-electron chi connectivity index (χ1n) is 9.85. The molecule has 0 fully saturated rings. The van der Waals surface area contributed by atoms with Crippen LogP contribution in [0.15, 0.2) is 103 Å². The molecule has 0 spiro atoms. The van der Waals surface area contributed by atoms with E-state index in [0.29, 0.717) is 6.04 Å². The first-order chi connectivity index (χ1) is 13.2. The third-order valence-corrected chi connectivity index (χ3v) is 5.75. The van der Waals surface area contributed by atoms with Crippen molar-refractivity contribution in [1.82, 2.24) is 5.32 Å². The molecule has 136 valence electrons. The fourth-order valence-corrected chi connectivity index (χ4v) is 4.05. The Labute approximate surface area is 162 Å². The third-order valence-electron chi connectivity index (χ3n) is 5.75. The molecule has 1 aliphatic rings. The van der Waals surface area contributed by atoms with Gasteiger partial charge < -0.3 is 0 Å². The quantitative estimate of drug-likeness (QED) is 0.551. The van der Waals surface area contributed by atoms with Gasteiger partial charge in [-0.15, -0.1) is 0 Å². The van der Waals surface area contributed by atoms with Crippen molar-refractivity contribution in [1.29, 1.82) is 0 Å². The molecule has 0 aliphatic heterocycles. The van der Waals surface area contributed by atoms with E-state index in [2.05, 4.69) is 115 Å². The van der Waals surface area contributed by atoms with Crippen LogP contribution in [0, 0.1) is 0 Å². The average Bonchev–Trinajstić information content (AvgIpc) is 2.75. The van der Waals surface area contributed by atoms with Crippen LogP contribution in [-0.2, 0) is 5.41 Å². The van der Waals surface area contributed by atoms with Crippen molar-refractivity contribution in [2.75, 3.05) is 0 Å². The molecule has 1 aliphatic carbocycles. The lowest BCUT2D eigenvalue weighted by atomic mass is 9.74. The molecule has 0 amide bonds. The average molecular weight is 354 g/mol. The molecule has 0 radical (unpaired) electrons. The molecule has 0 bridgehead atoms. The zero-order valence-electron chi connectivity index (χ0n) is 15.9. The van der Waals surface area contributed by atoms with Crippen LogP contribution in [-0.4, -0.2) is 6.04 Å². The summed E-state index contributed by atoms with van der Waals surface area (Å²) < 4.78 is 0. The van der Waals surface area contributed by atoms with Gasteiger partial charge in [-0.1, -0.05) is 110 Å². The Hall–Kier alpha value is -2.64. The van der Waals surface area contributed by atoms with Crippen LogP contribution in [0.5, 0.6) is 0 Å². The van der Waals surface area contributed by atoms with Crippen LogP contribution in [0.25, 0.3) is 0 Å². The van der Waals surface area contributed by atoms with E-state index in [9.17, 15) is 0 Å². The van der Waals surface area contributed by atoms with E-state index in [1.807, 2.05) is 0 Å². The highest BCUT2D eigenvalue weighted by Gasteiger charge is 2.29. The summed E-state index contributed by atoms with van der Waals surface area (Å²) >= 11 is 0. The van der Waals surface area contributed by atoms with Gasteiger partial charge in [0.15, 0.2) is 0 Å². The lowest BCUT2D eigenvalue weighted by Gasteiger charge is -2.35. The molecule has 1 heteroatoms. The normalized spacial score (nSPS) is 22.1. The molecule has 0 heterocycles. The summed E-state index contributed by atoms with van der Waals surface area (Å²) in [6.07, 6.45) is 7.06. The lowest BCUT2D eigenvalue weighted by molar-refractivity contribution is 0.412. The van der Waals surface area contributed by atoms with Crippen molar-refractivity contribution >= 4 is 0 Å². The predicted molar refractivity (Wildman–Crippen MR) is 114 cm³/mol. The Morgan fingerprint density at radius 3 is 1.78 bits per heavy atom. The third kappa shape index (κ3) is 4.04. The van der Waals surface area contributed by atoms with Crippen molar-refractivity contribution in [2.24, 2.45) is 0 Å². The van der Waals surface area contributed by atoms with E-state index >= 15 is 0 Å². The predicted octanol–water partition coefficient (Wildman–Crippen LogP) is 6.04. The summed E-state index contributed by atoms with van der Waals surface area (Å²) in [7, 11) is 0. The van der Waals surface area contributed by atoms with Gasteiger partial charge in [-0.3, -0.25) is 5.32 Å². The van der Waals surface area contributed by atoms with Crippen LogP contribution >= 0.6 is 0 Å². The van der Waals surface area contributed by atoms with Crippen molar-refractivity contribution in [3.8, 4) is 0 Å². The van der Waals surface area contributed by atoms with Gasteiger partial charge in [0.2, 0.25) is 0 Å². The molecule has 0 aromatic heterocycles. The molecule has 2 unspecified atom stereocenters. The van der Waals surface area contributed by atoms with Crippen LogP contribution in [0.1, 0.15) is 42.5 Å². The number of hydrogen-bond donors (Lipinski definition) is 1. The van der Waals surface area contributed by atoms with Crippen molar-refractivity contribution < 1.29 is 0 Å². The highest BCUT2D eigenvalue weighted by atomic mass is 14.9. The number of nitrogens with one attached hydrogen (secondary N) is 1. The molecule has 4 rings (SSSR count). The summed E-state index contributed by atoms with van der Waals surface area (Å²) in [4.78, 5) is 0. The van der Waals surface area contributed by atoms with Crippen molar-refractivity contribution in [3.63, 3.8) is 0 Å². The van der Waals surface area contributed by atoms with E-state index in [4.69, 9.17) is 0 Å². The topological polar surface area (TPSA) is 12.0 Å². The molecule has 0 saturated carbocycles. The minimum Gasteiger partial charge on any atom is -0.300 e. The van der Waals surface area contributed by atoms with Gasteiger partial charge in [-0.05, 0) is 29.5 Å². The first-order valence-corrected chi connectivity index (χ1v) is 9.85. The van der Waals surface area contributed by atoms with E-state index < -0.39 is 0 Å². The first kappa shape index (κ1) is 17.8. The van der Waals surface area contributed by atoms with E-state index in [1.165, 1.54) is 16.7 Å². The van der Waals surface area contributed by atoms with Gasteiger partial charge in [0.25, 0.3) is 0 Å². The fraction of sp³-hybridized carbons (Fsp3) is 0.231. The van der Waals surface area contributed by atoms with Crippen LogP contribution in [0.3, 0.4) is 0 Å². The second-order valence-electron chi connectivity index (χ2n) is 7.71. The molecular weight excluding hydrogens is 326 g/mol. The van der Waals surface area contributed by atoms with Gasteiger partial charge in [-0.25, -0.2) is 0 Å². The zero-order valence-corrected chi connectivity index (χ0v) is 15.9. The number of hydrogen-bond acceptors (Lipinski definition) is 1. The molecule has 27 heavy (non-hydrogen) atoms. The SMILES string of the molecule is CC1(c2ccccc2)C=CC(NC(c2ccccc2)c2ccccc2)CC1. The maximum atomic E-state index is 3.89. The zero-order chi connectivity index (χ0) is 18.5. The summed E-state index contributed by atoms with van der Waals surface area (Å²) in [5, 5.41) is 3.89. The number of allylic oxidation sites excluding steroid dienone is 1. The minimum absolute atomic E-state index is 0.133. The molecule has 3 aromatic rings. The van der Waals surface area contributed by atoms with E-state index in [0.717, 1.165) is 12.8 Å². The van der Waals surface area contributed by atoms with Crippen LogP contribution < -0.4 is 5.32 Å². The summed E-state index contributed by atoms with van der Waals surface area (Å²) in [5.74, 6) is 0. The number of rotatable bonds is 5. The standard InChI is InChI=1S/C26H27N/c1-26(23-15-9-4-10-16-23)19-17-24(18-20-26)27-25(21-11-5-2-6-12-21)22-13-7-3-8-14-22/h2-17,19,24-25,27H,18,20H2,1H3. The maximum absolute atomic E-state index is 3.89. The molecule has 0 saturated heterocycles. The van der Waals surface area contributed by atoms with Gasteiger partial charge in [0, 0.05) is 11.5 Å². The van der Waals surface area contributed by atoms with Gasteiger partial charge in [0.1, 0.15) is 0 Å². The van der Waals surface area contributed by atoms with Gasteiger partial charge >= 0.3 is 0 Å². The molecule has 3 aromatic carbocycles. The highest BCUT2D eigenvalue weighted by molar-refractivity contribution is 5.34. The Morgan fingerprint density at radius 1 is 0.778 bits per heavy atom. The summed E-state index contributed by atoms with van der Waals surface area (Å²) in [6.45, 7) is 2.35. The minimum atomic E-state index is 0.133.